The van der Waals surface area contributed by atoms with Gasteiger partial charge in [-0.25, -0.2) is 4.79 Å². The molecular weight excluding hydrogens is 478 g/mol. The highest BCUT2D eigenvalue weighted by atomic mass is 16.6. The summed E-state index contributed by atoms with van der Waals surface area (Å²) in [6.07, 6.45) is -0.807. The first-order valence-corrected chi connectivity index (χ1v) is 11.5. The number of fused-ring (bicyclic) bond motifs is 1. The van der Waals surface area contributed by atoms with Gasteiger partial charge in [0.05, 0.1) is 13.7 Å². The van der Waals surface area contributed by atoms with E-state index < -0.39 is 18.6 Å². The normalized spacial score (nSPS) is 10.6. The summed E-state index contributed by atoms with van der Waals surface area (Å²) < 4.78 is 22.2. The number of aromatic nitrogens is 1. The summed E-state index contributed by atoms with van der Waals surface area (Å²) in [6, 6.07) is 21.8. The van der Waals surface area contributed by atoms with E-state index in [0.29, 0.717) is 41.8 Å². The maximum atomic E-state index is 12.8. The predicted molar refractivity (Wildman–Crippen MR) is 136 cm³/mol. The summed E-state index contributed by atoms with van der Waals surface area (Å²) in [6.45, 7) is 0.357. The van der Waals surface area contributed by atoms with Gasteiger partial charge in [0, 0.05) is 13.6 Å². The fraction of sp³-hybridized carbons (Fsp3) is 0.222. The lowest BCUT2D eigenvalue weighted by atomic mass is 10.2. The second kappa shape index (κ2) is 11.8. The molecule has 0 saturated carbocycles. The number of para-hydroxylation sites is 4. The standard InChI is InChI=1S/C27H27N3O7/c1-29(26-28-21-10-3-4-11-22(21)36-26)14-15-35-20-9-7-8-19(16-20)17-30(18-25(31)32)27(33)37-24-13-6-5-12-23(24)34-2/h3-13,16H,14-15,17-18H2,1-2H3,(H,31,32). The lowest BCUT2D eigenvalue weighted by Gasteiger charge is -2.21. The van der Waals surface area contributed by atoms with Crippen molar-refractivity contribution in [3.63, 3.8) is 0 Å². The van der Waals surface area contributed by atoms with Gasteiger partial charge < -0.3 is 28.6 Å². The van der Waals surface area contributed by atoms with Gasteiger partial charge >= 0.3 is 12.1 Å². The molecule has 0 radical (unpaired) electrons. The molecule has 0 aliphatic rings. The fourth-order valence-electron chi connectivity index (χ4n) is 3.58. The minimum atomic E-state index is -1.16. The summed E-state index contributed by atoms with van der Waals surface area (Å²) in [5, 5.41) is 9.32. The number of hydrogen-bond acceptors (Lipinski definition) is 8. The van der Waals surface area contributed by atoms with Crippen molar-refractivity contribution in [3.8, 4) is 17.2 Å². The van der Waals surface area contributed by atoms with Crippen molar-refractivity contribution in [1.82, 2.24) is 9.88 Å². The number of carbonyl (C=O) groups excluding carboxylic acids is 1. The zero-order valence-electron chi connectivity index (χ0n) is 20.5. The quantitative estimate of drug-likeness (QED) is 0.316. The largest absolute Gasteiger partial charge is 0.493 e. The summed E-state index contributed by atoms with van der Waals surface area (Å²) in [5.74, 6) is -0.0154. The summed E-state index contributed by atoms with van der Waals surface area (Å²) >= 11 is 0. The molecule has 4 aromatic rings. The summed E-state index contributed by atoms with van der Waals surface area (Å²) in [7, 11) is 3.32. The highest BCUT2D eigenvalue weighted by molar-refractivity contribution is 5.78. The lowest BCUT2D eigenvalue weighted by molar-refractivity contribution is -0.138. The summed E-state index contributed by atoms with van der Waals surface area (Å²) in [4.78, 5) is 31.6. The molecule has 0 saturated heterocycles. The number of anilines is 1. The van der Waals surface area contributed by atoms with Crippen LogP contribution < -0.4 is 19.1 Å². The highest BCUT2D eigenvalue weighted by Gasteiger charge is 2.21. The molecule has 0 aliphatic heterocycles. The van der Waals surface area contributed by atoms with Crippen LogP contribution >= 0.6 is 0 Å². The van der Waals surface area contributed by atoms with Crippen molar-refractivity contribution >= 4 is 29.2 Å². The number of amides is 1. The Morgan fingerprint density at radius 2 is 1.76 bits per heavy atom. The highest BCUT2D eigenvalue weighted by Crippen LogP contribution is 2.27. The summed E-state index contributed by atoms with van der Waals surface area (Å²) in [5.41, 5.74) is 2.18. The molecule has 3 aromatic carbocycles. The van der Waals surface area contributed by atoms with Crippen LogP contribution in [0.25, 0.3) is 11.1 Å². The second-order valence-electron chi connectivity index (χ2n) is 8.15. The zero-order valence-corrected chi connectivity index (χ0v) is 20.5. The van der Waals surface area contributed by atoms with Gasteiger partial charge in [-0.1, -0.05) is 36.4 Å². The third kappa shape index (κ3) is 6.69. The zero-order chi connectivity index (χ0) is 26.2. The monoisotopic (exact) mass is 505 g/mol. The number of carbonyl (C=O) groups is 2. The number of nitrogens with zero attached hydrogens (tertiary/aromatic N) is 3. The molecule has 192 valence electrons. The minimum absolute atomic E-state index is 0.0142. The molecule has 1 N–H and O–H groups in total. The van der Waals surface area contributed by atoms with E-state index in [1.165, 1.54) is 7.11 Å². The molecule has 1 aromatic heterocycles. The van der Waals surface area contributed by atoms with Crippen molar-refractivity contribution in [2.45, 2.75) is 6.54 Å². The van der Waals surface area contributed by atoms with Crippen molar-refractivity contribution in [3.05, 3.63) is 78.4 Å². The Bertz CT molecular complexity index is 1340. The Kier molecular flexibility index (Phi) is 8.09. The number of carboxylic acids is 1. The maximum absolute atomic E-state index is 12.8. The first kappa shape index (κ1) is 25.4. The fourth-order valence-corrected chi connectivity index (χ4v) is 3.58. The van der Waals surface area contributed by atoms with Gasteiger partial charge in [-0.3, -0.25) is 9.69 Å². The van der Waals surface area contributed by atoms with Gasteiger partial charge in [0.1, 0.15) is 24.4 Å². The van der Waals surface area contributed by atoms with Crippen molar-refractivity contribution in [1.29, 1.82) is 0 Å². The van der Waals surface area contributed by atoms with Gasteiger partial charge in [-0.15, -0.1) is 0 Å². The third-order valence-corrected chi connectivity index (χ3v) is 5.43. The van der Waals surface area contributed by atoms with E-state index in [-0.39, 0.29) is 12.3 Å². The van der Waals surface area contributed by atoms with E-state index in [0.717, 1.165) is 10.4 Å². The molecule has 0 spiro atoms. The number of aliphatic carboxylic acids is 1. The topological polar surface area (TPSA) is 115 Å². The van der Waals surface area contributed by atoms with Gasteiger partial charge in [-0.05, 0) is 42.0 Å². The number of carboxylic acid groups (broad SMARTS) is 1. The number of rotatable bonds is 11. The van der Waals surface area contributed by atoms with Crippen LogP contribution in [0.15, 0.2) is 77.2 Å². The van der Waals surface area contributed by atoms with E-state index in [1.807, 2.05) is 36.2 Å². The predicted octanol–water partition coefficient (Wildman–Crippen LogP) is 4.44. The van der Waals surface area contributed by atoms with Gasteiger partial charge in [0.2, 0.25) is 0 Å². The Morgan fingerprint density at radius 3 is 2.51 bits per heavy atom. The second-order valence-corrected chi connectivity index (χ2v) is 8.15. The molecule has 4 rings (SSSR count). The Hall–Kier alpha value is -4.73. The maximum Gasteiger partial charge on any atom is 0.416 e. The molecule has 1 heterocycles. The average molecular weight is 506 g/mol. The number of hydrogen-bond donors (Lipinski definition) is 1. The number of benzene rings is 3. The molecule has 37 heavy (non-hydrogen) atoms. The Balaban J connectivity index is 1.36. The van der Waals surface area contributed by atoms with Crippen molar-refractivity contribution < 1.29 is 33.3 Å². The van der Waals surface area contributed by atoms with E-state index in [2.05, 4.69) is 4.98 Å². The van der Waals surface area contributed by atoms with E-state index >= 15 is 0 Å². The minimum Gasteiger partial charge on any atom is -0.493 e. The van der Waals surface area contributed by atoms with E-state index in [4.69, 9.17) is 18.6 Å². The lowest BCUT2D eigenvalue weighted by Crippen LogP contribution is -2.37. The Morgan fingerprint density at radius 1 is 1.00 bits per heavy atom. The molecule has 0 fully saturated rings. The first-order chi connectivity index (χ1) is 17.9. The van der Waals surface area contributed by atoms with Crippen LogP contribution in [0.3, 0.4) is 0 Å². The van der Waals surface area contributed by atoms with Gasteiger partial charge in [0.25, 0.3) is 6.01 Å². The molecule has 0 atom stereocenters. The van der Waals surface area contributed by atoms with Gasteiger partial charge in [0.15, 0.2) is 17.1 Å². The van der Waals surface area contributed by atoms with Crippen LogP contribution in [-0.4, -0.2) is 60.9 Å². The van der Waals surface area contributed by atoms with Crippen LogP contribution in [0.4, 0.5) is 10.8 Å². The van der Waals surface area contributed by atoms with Crippen LogP contribution in [0, 0.1) is 0 Å². The smallest absolute Gasteiger partial charge is 0.416 e. The molecule has 0 bridgehead atoms. The van der Waals surface area contributed by atoms with Crippen molar-refractivity contribution in [2.24, 2.45) is 0 Å². The number of oxazole rings is 1. The van der Waals surface area contributed by atoms with Gasteiger partial charge in [-0.2, -0.15) is 4.98 Å². The van der Waals surface area contributed by atoms with E-state index in [1.54, 1.807) is 48.5 Å². The average Bonchev–Trinajstić information content (AvgIpc) is 3.33. The molecule has 0 unspecified atom stereocenters. The number of likely N-dealkylation sites (N-methyl/N-ethyl adjacent to an activating group) is 1. The number of methoxy groups -OCH3 is 1. The van der Waals surface area contributed by atoms with Crippen LogP contribution in [-0.2, 0) is 11.3 Å². The number of ether oxygens (including phenoxy) is 3. The SMILES string of the molecule is COc1ccccc1OC(=O)N(CC(=O)O)Cc1cccc(OCCN(C)c2nc3ccccc3o2)c1. The van der Waals surface area contributed by atoms with Crippen LogP contribution in [0.5, 0.6) is 17.2 Å². The van der Waals surface area contributed by atoms with Crippen molar-refractivity contribution in [2.75, 3.05) is 38.8 Å². The Labute approximate surface area is 213 Å². The van der Waals surface area contributed by atoms with Crippen LogP contribution in [0.1, 0.15) is 5.56 Å². The molecular formula is C27H27N3O7. The molecule has 0 aliphatic carbocycles. The van der Waals surface area contributed by atoms with Crippen LogP contribution in [0.2, 0.25) is 0 Å². The molecule has 10 heteroatoms. The third-order valence-electron chi connectivity index (χ3n) is 5.43. The molecule has 1 amide bonds. The first-order valence-electron chi connectivity index (χ1n) is 11.5. The molecule has 10 nitrogen and oxygen atoms in total. The van der Waals surface area contributed by atoms with E-state index in [9.17, 15) is 14.7 Å².